The number of hydrogen-bond acceptors (Lipinski definition) is 3. The second-order valence-electron chi connectivity index (χ2n) is 5.44. The van der Waals surface area contributed by atoms with Crippen molar-refractivity contribution in [3.05, 3.63) is 16.4 Å². The number of nitrogens with zero attached hydrogens (tertiary/aromatic N) is 3. The summed E-state index contributed by atoms with van der Waals surface area (Å²) in [5, 5.41) is 5.13. The van der Waals surface area contributed by atoms with Gasteiger partial charge in [0, 0.05) is 32.3 Å². The molecule has 2 rings (SSSR count). The smallest absolute Gasteiger partial charge is 0.131 e. The first-order valence-corrected chi connectivity index (χ1v) is 7.47. The quantitative estimate of drug-likeness (QED) is 0.753. The Labute approximate surface area is 120 Å². The normalized spacial score (nSPS) is 20.3. The van der Waals surface area contributed by atoms with Gasteiger partial charge in [0.05, 0.1) is 12.3 Å². The zero-order chi connectivity index (χ0) is 13.8. The molecule has 0 spiro atoms. The summed E-state index contributed by atoms with van der Waals surface area (Å²) in [6, 6.07) is 0. The molecule has 0 radical (unpaired) electrons. The third-order valence-corrected chi connectivity index (χ3v) is 4.20. The number of likely N-dealkylation sites (tertiary alicyclic amines) is 1. The van der Waals surface area contributed by atoms with Gasteiger partial charge in [-0.15, -0.1) is 0 Å². The first-order valence-electron chi connectivity index (χ1n) is 7.09. The molecule has 4 nitrogen and oxygen atoms in total. The van der Waals surface area contributed by atoms with Crippen molar-refractivity contribution >= 4 is 11.6 Å². The maximum atomic E-state index is 6.28. The fourth-order valence-electron chi connectivity index (χ4n) is 2.66. The van der Waals surface area contributed by atoms with Crippen molar-refractivity contribution in [3.63, 3.8) is 0 Å². The lowest BCUT2D eigenvalue weighted by Gasteiger charge is -2.16. The minimum Gasteiger partial charge on any atom is -0.381 e. The lowest BCUT2D eigenvalue weighted by molar-refractivity contribution is 0.101. The Balaban J connectivity index is 1.84. The molecule has 0 aromatic carbocycles. The van der Waals surface area contributed by atoms with Crippen molar-refractivity contribution in [3.8, 4) is 0 Å². The van der Waals surface area contributed by atoms with Crippen molar-refractivity contribution < 1.29 is 4.74 Å². The van der Waals surface area contributed by atoms with Gasteiger partial charge < -0.3 is 4.74 Å². The first-order chi connectivity index (χ1) is 9.11. The van der Waals surface area contributed by atoms with E-state index in [0.717, 1.165) is 50.1 Å². The highest BCUT2D eigenvalue weighted by atomic mass is 35.5. The fourth-order valence-corrected chi connectivity index (χ4v) is 2.90. The van der Waals surface area contributed by atoms with E-state index in [1.807, 2.05) is 14.0 Å². The molecule has 1 atom stereocenters. The van der Waals surface area contributed by atoms with Crippen LogP contribution in [0.3, 0.4) is 0 Å². The fraction of sp³-hybridized carbons (Fsp3) is 0.786. The van der Waals surface area contributed by atoms with Crippen molar-refractivity contribution in [1.82, 2.24) is 14.7 Å². The predicted molar refractivity (Wildman–Crippen MR) is 77.4 cm³/mol. The van der Waals surface area contributed by atoms with Crippen LogP contribution in [-0.2, 0) is 18.3 Å². The summed E-state index contributed by atoms with van der Waals surface area (Å²) in [7, 11) is 1.89. The number of hydrogen-bond donors (Lipinski definition) is 0. The molecule has 0 amide bonds. The van der Waals surface area contributed by atoms with Gasteiger partial charge in [0.2, 0.25) is 0 Å². The number of rotatable bonds is 6. The van der Waals surface area contributed by atoms with E-state index in [0.29, 0.717) is 5.92 Å². The van der Waals surface area contributed by atoms with Gasteiger partial charge in [-0.3, -0.25) is 9.58 Å². The van der Waals surface area contributed by atoms with E-state index in [2.05, 4.69) is 16.9 Å². The zero-order valence-electron chi connectivity index (χ0n) is 12.2. The first kappa shape index (κ1) is 14.8. The standard InChI is InChI=1S/C14H24ClN3O/c1-4-7-19-10-12-5-6-18(8-12)9-13-11(2)16-17(3)14(13)15/h12H,4-10H2,1-3H3. The van der Waals surface area contributed by atoms with Crippen LogP contribution in [0.2, 0.25) is 5.15 Å². The van der Waals surface area contributed by atoms with Gasteiger partial charge in [0.15, 0.2) is 0 Å². The number of aryl methyl sites for hydroxylation is 2. The van der Waals surface area contributed by atoms with Crippen molar-refractivity contribution in [2.45, 2.75) is 33.2 Å². The average Bonchev–Trinajstić information content (AvgIpc) is 2.91. The Hall–Kier alpha value is -0.580. The van der Waals surface area contributed by atoms with Gasteiger partial charge in [0.1, 0.15) is 5.15 Å². The van der Waals surface area contributed by atoms with E-state index in [1.54, 1.807) is 4.68 Å². The van der Waals surface area contributed by atoms with E-state index in [-0.39, 0.29) is 0 Å². The summed E-state index contributed by atoms with van der Waals surface area (Å²) in [5.41, 5.74) is 2.21. The molecule has 1 aliphatic rings. The topological polar surface area (TPSA) is 30.3 Å². The maximum Gasteiger partial charge on any atom is 0.131 e. The molecule has 5 heteroatoms. The monoisotopic (exact) mass is 285 g/mol. The Morgan fingerprint density at radius 2 is 2.26 bits per heavy atom. The van der Waals surface area contributed by atoms with Gasteiger partial charge in [-0.05, 0) is 32.2 Å². The maximum absolute atomic E-state index is 6.28. The third-order valence-electron chi connectivity index (χ3n) is 3.72. The van der Waals surface area contributed by atoms with Crippen LogP contribution < -0.4 is 0 Å². The molecular formula is C14H24ClN3O. The van der Waals surface area contributed by atoms with Gasteiger partial charge in [-0.2, -0.15) is 5.10 Å². The second kappa shape index (κ2) is 6.73. The molecule has 19 heavy (non-hydrogen) atoms. The number of halogens is 1. The molecule has 1 saturated heterocycles. The summed E-state index contributed by atoms with van der Waals surface area (Å²) < 4.78 is 7.40. The molecule has 0 aliphatic carbocycles. The Morgan fingerprint density at radius 3 is 2.89 bits per heavy atom. The van der Waals surface area contributed by atoms with E-state index < -0.39 is 0 Å². The molecule has 1 aromatic heterocycles. The lowest BCUT2D eigenvalue weighted by Crippen LogP contribution is -2.22. The number of aromatic nitrogens is 2. The second-order valence-corrected chi connectivity index (χ2v) is 5.80. The molecule has 0 bridgehead atoms. The minimum absolute atomic E-state index is 0.669. The van der Waals surface area contributed by atoms with E-state index in [1.165, 1.54) is 12.0 Å². The third kappa shape index (κ3) is 3.71. The lowest BCUT2D eigenvalue weighted by atomic mass is 10.1. The van der Waals surface area contributed by atoms with Crippen LogP contribution in [0.1, 0.15) is 31.0 Å². The molecule has 1 aromatic rings. The van der Waals surface area contributed by atoms with E-state index >= 15 is 0 Å². The Morgan fingerprint density at radius 1 is 1.47 bits per heavy atom. The van der Waals surface area contributed by atoms with Crippen LogP contribution in [-0.4, -0.2) is 41.0 Å². The van der Waals surface area contributed by atoms with Crippen LogP contribution in [0.25, 0.3) is 0 Å². The summed E-state index contributed by atoms with van der Waals surface area (Å²) in [6.07, 6.45) is 2.32. The summed E-state index contributed by atoms with van der Waals surface area (Å²) in [6.45, 7) is 9.09. The predicted octanol–water partition coefficient (Wildman–Crippen LogP) is 2.63. The van der Waals surface area contributed by atoms with Crippen LogP contribution >= 0.6 is 11.6 Å². The summed E-state index contributed by atoms with van der Waals surface area (Å²) >= 11 is 6.28. The van der Waals surface area contributed by atoms with Crippen molar-refractivity contribution in [1.29, 1.82) is 0 Å². The van der Waals surface area contributed by atoms with E-state index in [9.17, 15) is 0 Å². The molecule has 0 N–H and O–H groups in total. The molecular weight excluding hydrogens is 262 g/mol. The summed E-state index contributed by atoms with van der Waals surface area (Å²) in [5.74, 6) is 0.669. The van der Waals surface area contributed by atoms with Crippen LogP contribution in [0.4, 0.5) is 0 Å². The van der Waals surface area contributed by atoms with Gasteiger partial charge in [-0.25, -0.2) is 0 Å². The molecule has 0 saturated carbocycles. The van der Waals surface area contributed by atoms with E-state index in [4.69, 9.17) is 16.3 Å². The van der Waals surface area contributed by atoms with Crippen LogP contribution in [0.15, 0.2) is 0 Å². The number of ether oxygens (including phenoxy) is 1. The molecule has 1 unspecified atom stereocenters. The Kier molecular flexibility index (Phi) is 5.25. The Bertz CT molecular complexity index is 419. The highest BCUT2D eigenvalue weighted by molar-refractivity contribution is 6.30. The zero-order valence-corrected chi connectivity index (χ0v) is 12.9. The van der Waals surface area contributed by atoms with Gasteiger partial charge >= 0.3 is 0 Å². The molecule has 1 fully saturated rings. The molecule has 1 aliphatic heterocycles. The average molecular weight is 286 g/mol. The summed E-state index contributed by atoms with van der Waals surface area (Å²) in [4.78, 5) is 2.45. The van der Waals surface area contributed by atoms with Crippen LogP contribution in [0.5, 0.6) is 0 Å². The highest BCUT2D eigenvalue weighted by Crippen LogP contribution is 2.24. The molecule has 108 valence electrons. The van der Waals surface area contributed by atoms with Crippen molar-refractivity contribution in [2.75, 3.05) is 26.3 Å². The van der Waals surface area contributed by atoms with Crippen LogP contribution in [0, 0.1) is 12.8 Å². The highest BCUT2D eigenvalue weighted by Gasteiger charge is 2.24. The van der Waals surface area contributed by atoms with Gasteiger partial charge in [-0.1, -0.05) is 18.5 Å². The van der Waals surface area contributed by atoms with Gasteiger partial charge in [0.25, 0.3) is 0 Å². The SMILES string of the molecule is CCCOCC1CCN(Cc2c(C)nn(C)c2Cl)C1. The minimum atomic E-state index is 0.669. The molecule has 2 heterocycles. The van der Waals surface area contributed by atoms with Crippen molar-refractivity contribution in [2.24, 2.45) is 13.0 Å². The largest absolute Gasteiger partial charge is 0.381 e.